The molecule has 1 heterocycles. The van der Waals surface area contributed by atoms with Crippen LogP contribution in [0, 0.1) is 0 Å². The summed E-state index contributed by atoms with van der Waals surface area (Å²) < 4.78 is 66.9. The highest BCUT2D eigenvalue weighted by molar-refractivity contribution is 7.92. The van der Waals surface area contributed by atoms with Crippen LogP contribution >= 0.6 is 0 Å². The number of hydrogen-bond donors (Lipinski definition) is 1. The fraction of sp³-hybridized carbons (Fsp3) is 0.533. The molecule has 0 aromatic heterocycles. The van der Waals surface area contributed by atoms with Crippen LogP contribution in [-0.4, -0.2) is 52.7 Å². The van der Waals surface area contributed by atoms with E-state index in [9.17, 15) is 26.4 Å². The lowest BCUT2D eigenvalue weighted by atomic mass is 10.0. The van der Waals surface area contributed by atoms with Gasteiger partial charge < -0.3 is 15.0 Å². The Labute approximate surface area is 143 Å². The molecule has 0 atom stereocenters. The van der Waals surface area contributed by atoms with E-state index < -0.39 is 20.2 Å². The molecule has 2 rings (SSSR count). The van der Waals surface area contributed by atoms with Crippen molar-refractivity contribution in [3.63, 3.8) is 0 Å². The van der Waals surface area contributed by atoms with Gasteiger partial charge in [0.25, 0.3) is 9.84 Å². The number of para-hydroxylation sites is 1. The molecule has 0 bridgehead atoms. The number of alkyl halides is 3. The summed E-state index contributed by atoms with van der Waals surface area (Å²) >= 11 is 0. The Morgan fingerprint density at radius 1 is 1.28 bits per heavy atom. The maximum Gasteiger partial charge on any atom is 0.501 e. The van der Waals surface area contributed by atoms with Crippen LogP contribution in [-0.2, 0) is 19.4 Å². The van der Waals surface area contributed by atoms with Gasteiger partial charge in [0.05, 0.1) is 10.6 Å². The largest absolute Gasteiger partial charge is 0.501 e. The lowest BCUT2D eigenvalue weighted by Crippen LogP contribution is -2.46. The number of amides is 1. The molecular formula is C15H19F3N2O4S. The van der Waals surface area contributed by atoms with Crippen molar-refractivity contribution in [2.75, 3.05) is 31.7 Å². The molecule has 1 aliphatic heterocycles. The van der Waals surface area contributed by atoms with Crippen LogP contribution in [0.4, 0.5) is 18.9 Å². The topological polar surface area (TPSA) is 75.7 Å². The number of piperidine rings is 1. The van der Waals surface area contributed by atoms with Gasteiger partial charge in [-0.1, -0.05) is 12.1 Å². The van der Waals surface area contributed by atoms with Gasteiger partial charge in [-0.05, 0) is 25.0 Å². The van der Waals surface area contributed by atoms with Crippen LogP contribution in [0.15, 0.2) is 29.2 Å². The number of rotatable bonds is 5. The lowest BCUT2D eigenvalue weighted by Gasteiger charge is -2.35. The Kier molecular flexibility index (Phi) is 5.94. The van der Waals surface area contributed by atoms with Crippen molar-refractivity contribution in [3.8, 4) is 0 Å². The normalized spacial score (nSPS) is 16.7. The molecule has 0 unspecified atom stereocenters. The second-order valence-electron chi connectivity index (χ2n) is 5.68. The molecule has 6 nitrogen and oxygen atoms in total. The first-order valence-electron chi connectivity index (χ1n) is 7.60. The summed E-state index contributed by atoms with van der Waals surface area (Å²) in [6, 6.07) is 4.97. The summed E-state index contributed by atoms with van der Waals surface area (Å²) in [5.41, 5.74) is -5.32. The van der Waals surface area contributed by atoms with Gasteiger partial charge in [0, 0.05) is 26.2 Å². The molecule has 1 saturated heterocycles. The van der Waals surface area contributed by atoms with E-state index >= 15 is 0 Å². The Morgan fingerprint density at radius 3 is 2.44 bits per heavy atom. The molecule has 1 aromatic rings. The number of nitrogens with one attached hydrogen (secondary N) is 1. The third kappa shape index (κ3) is 4.43. The predicted octanol–water partition coefficient (Wildman–Crippen LogP) is 1.71. The van der Waals surface area contributed by atoms with E-state index in [0.29, 0.717) is 25.9 Å². The van der Waals surface area contributed by atoms with E-state index in [1.165, 1.54) is 25.3 Å². The molecule has 25 heavy (non-hydrogen) atoms. The summed E-state index contributed by atoms with van der Waals surface area (Å²) in [5.74, 6) is -0.263. The van der Waals surface area contributed by atoms with Gasteiger partial charge in [0.15, 0.2) is 0 Å². The van der Waals surface area contributed by atoms with E-state index in [0.717, 1.165) is 6.07 Å². The van der Waals surface area contributed by atoms with Gasteiger partial charge in [-0.25, -0.2) is 8.42 Å². The van der Waals surface area contributed by atoms with Crippen LogP contribution in [0.3, 0.4) is 0 Å². The zero-order valence-corrected chi connectivity index (χ0v) is 14.4. The second-order valence-corrected chi connectivity index (χ2v) is 7.59. The van der Waals surface area contributed by atoms with Crippen LogP contribution in [0.5, 0.6) is 0 Å². The molecule has 1 fully saturated rings. The third-order valence-electron chi connectivity index (χ3n) is 3.94. The quantitative estimate of drug-likeness (QED) is 0.842. The molecule has 10 heteroatoms. The van der Waals surface area contributed by atoms with Crippen molar-refractivity contribution in [1.29, 1.82) is 0 Å². The van der Waals surface area contributed by atoms with Gasteiger partial charge in [0.1, 0.15) is 6.61 Å². The van der Waals surface area contributed by atoms with Gasteiger partial charge in [0.2, 0.25) is 5.91 Å². The SMILES string of the molecule is COCC(=O)NC1CCN(c2ccccc2S(=O)(=O)C(F)(F)F)CC1. The maximum absolute atomic E-state index is 12.9. The van der Waals surface area contributed by atoms with Crippen molar-refractivity contribution in [3.05, 3.63) is 24.3 Å². The molecule has 0 spiro atoms. The standard InChI is InChI=1S/C15H19F3N2O4S/c1-24-10-14(21)19-11-6-8-20(9-7-11)12-4-2-3-5-13(12)25(22,23)15(16,17)18/h2-5,11H,6-10H2,1H3,(H,19,21). The fourth-order valence-corrected chi connectivity index (χ4v) is 3.72. The molecule has 1 amide bonds. The Bertz CT molecular complexity index is 714. The number of sulfone groups is 1. The summed E-state index contributed by atoms with van der Waals surface area (Å²) in [6.07, 6.45) is 0.992. The monoisotopic (exact) mass is 380 g/mol. The molecule has 0 radical (unpaired) electrons. The van der Waals surface area contributed by atoms with Crippen molar-refractivity contribution in [1.82, 2.24) is 5.32 Å². The first kappa shape index (κ1) is 19.5. The average Bonchev–Trinajstić information content (AvgIpc) is 2.55. The highest BCUT2D eigenvalue weighted by Crippen LogP contribution is 2.36. The molecular weight excluding hydrogens is 361 g/mol. The minimum Gasteiger partial charge on any atom is -0.375 e. The van der Waals surface area contributed by atoms with E-state index in [-0.39, 0.29) is 24.2 Å². The highest BCUT2D eigenvalue weighted by Gasteiger charge is 2.48. The molecule has 1 N–H and O–H groups in total. The summed E-state index contributed by atoms with van der Waals surface area (Å²) in [7, 11) is -4.02. The van der Waals surface area contributed by atoms with Crippen molar-refractivity contribution in [2.24, 2.45) is 0 Å². The number of methoxy groups -OCH3 is 1. The molecule has 140 valence electrons. The van der Waals surface area contributed by atoms with Gasteiger partial charge in [-0.2, -0.15) is 13.2 Å². The number of anilines is 1. The van der Waals surface area contributed by atoms with E-state index in [4.69, 9.17) is 4.74 Å². The maximum atomic E-state index is 12.9. The summed E-state index contributed by atoms with van der Waals surface area (Å²) in [6.45, 7) is 0.609. The van der Waals surface area contributed by atoms with Crippen LogP contribution < -0.4 is 10.2 Å². The first-order valence-corrected chi connectivity index (χ1v) is 9.08. The zero-order chi connectivity index (χ0) is 18.7. The van der Waals surface area contributed by atoms with Crippen molar-refractivity contribution >= 4 is 21.4 Å². The van der Waals surface area contributed by atoms with Crippen molar-refractivity contribution < 1.29 is 31.1 Å². The second kappa shape index (κ2) is 7.61. The minimum atomic E-state index is -5.42. The number of benzene rings is 1. The minimum absolute atomic E-state index is 0.0292. The number of nitrogens with zero attached hydrogens (tertiary/aromatic N) is 1. The van der Waals surface area contributed by atoms with E-state index in [2.05, 4.69) is 5.32 Å². The van der Waals surface area contributed by atoms with Crippen molar-refractivity contribution in [2.45, 2.75) is 29.3 Å². The Balaban J connectivity index is 2.14. The number of hydrogen-bond acceptors (Lipinski definition) is 5. The fourth-order valence-electron chi connectivity index (χ4n) is 2.74. The van der Waals surface area contributed by atoms with Crippen LogP contribution in [0.25, 0.3) is 0 Å². The lowest BCUT2D eigenvalue weighted by molar-refractivity contribution is -0.125. The highest BCUT2D eigenvalue weighted by atomic mass is 32.2. The molecule has 1 aromatic carbocycles. The first-order chi connectivity index (χ1) is 11.7. The average molecular weight is 380 g/mol. The van der Waals surface area contributed by atoms with Gasteiger partial charge in [-0.15, -0.1) is 0 Å². The Hall–Kier alpha value is -1.81. The van der Waals surface area contributed by atoms with E-state index in [1.807, 2.05) is 0 Å². The van der Waals surface area contributed by atoms with Crippen LogP contribution in [0.1, 0.15) is 12.8 Å². The van der Waals surface area contributed by atoms with Gasteiger partial charge >= 0.3 is 5.51 Å². The number of carbonyl (C=O) groups excluding carboxylic acids is 1. The summed E-state index contributed by atoms with van der Waals surface area (Å²) in [4.78, 5) is 12.4. The number of ether oxygens (including phenoxy) is 1. The number of halogens is 3. The predicted molar refractivity (Wildman–Crippen MR) is 84.9 cm³/mol. The molecule has 0 aliphatic carbocycles. The Morgan fingerprint density at radius 2 is 1.88 bits per heavy atom. The number of carbonyl (C=O) groups is 1. The zero-order valence-electron chi connectivity index (χ0n) is 13.5. The van der Waals surface area contributed by atoms with Gasteiger partial charge in [-0.3, -0.25) is 4.79 Å². The summed E-state index contributed by atoms with van der Waals surface area (Å²) in [5, 5.41) is 2.77. The molecule has 1 aliphatic rings. The molecule has 0 saturated carbocycles. The van der Waals surface area contributed by atoms with E-state index in [1.54, 1.807) is 4.90 Å². The third-order valence-corrected chi connectivity index (χ3v) is 5.47. The van der Waals surface area contributed by atoms with Crippen LogP contribution in [0.2, 0.25) is 0 Å². The smallest absolute Gasteiger partial charge is 0.375 e.